The van der Waals surface area contributed by atoms with Crippen LogP contribution in [-0.4, -0.2) is 18.0 Å². The average molecular weight is 447 g/mol. The van der Waals surface area contributed by atoms with Crippen LogP contribution in [0.15, 0.2) is 83.3 Å². The number of amides is 1. The fourth-order valence-corrected chi connectivity index (χ4v) is 3.69. The first-order valence-corrected chi connectivity index (χ1v) is 10.0. The van der Waals surface area contributed by atoms with E-state index >= 15 is 0 Å². The molecular weight excluding hydrogens is 428 g/mol. The van der Waals surface area contributed by atoms with Crippen LogP contribution in [0.2, 0.25) is 0 Å². The number of carbonyl (C=O) groups is 1. The van der Waals surface area contributed by atoms with Gasteiger partial charge in [-0.25, -0.2) is 4.98 Å². The van der Waals surface area contributed by atoms with Crippen LogP contribution in [0.25, 0.3) is 22.2 Å². The number of aromatic nitrogens is 1. The van der Waals surface area contributed by atoms with Crippen LogP contribution < -0.4 is 10.1 Å². The molecule has 0 aliphatic rings. The van der Waals surface area contributed by atoms with Gasteiger partial charge in [0.2, 0.25) is 0 Å². The van der Waals surface area contributed by atoms with Crippen molar-refractivity contribution in [1.82, 2.24) is 10.3 Å². The molecule has 0 saturated heterocycles. The molecule has 0 unspecified atom stereocenters. The fraction of sp³-hybridized carbons (Fsp3) is 0.0833. The number of rotatable bonds is 5. The highest BCUT2D eigenvalue weighted by atomic mass is 79.9. The first kappa shape index (κ1) is 19.2. The van der Waals surface area contributed by atoms with Crippen LogP contribution in [0.5, 0.6) is 5.75 Å². The molecule has 0 atom stereocenters. The summed E-state index contributed by atoms with van der Waals surface area (Å²) in [5, 5.41) is 3.84. The van der Waals surface area contributed by atoms with Crippen LogP contribution in [0.4, 0.5) is 0 Å². The fourth-order valence-electron chi connectivity index (χ4n) is 3.27. The first-order chi connectivity index (χ1) is 14.2. The third-order valence-corrected chi connectivity index (χ3v) is 5.51. The first-order valence-electron chi connectivity index (χ1n) is 9.22. The predicted octanol–water partition coefficient (Wildman–Crippen LogP) is 5.60. The van der Waals surface area contributed by atoms with Crippen molar-refractivity contribution in [3.05, 3.63) is 94.5 Å². The quantitative estimate of drug-likeness (QED) is 0.433. The van der Waals surface area contributed by atoms with Gasteiger partial charge < -0.3 is 10.1 Å². The van der Waals surface area contributed by atoms with Crippen molar-refractivity contribution >= 4 is 32.7 Å². The molecule has 144 valence electrons. The SMILES string of the molecule is COc1ccccc1-c1cc(C(=O)NCc2ccccc2Br)c2ccccc2n1. The summed E-state index contributed by atoms with van der Waals surface area (Å²) in [4.78, 5) is 17.9. The van der Waals surface area contributed by atoms with E-state index in [0.717, 1.165) is 32.3 Å². The standard InChI is InChI=1S/C24H19BrN2O2/c1-29-23-13-7-4-10-18(23)22-14-19(17-9-3-6-12-21(17)27-22)24(28)26-15-16-8-2-5-11-20(16)25/h2-14H,15H2,1H3,(H,26,28). The van der Waals surface area contributed by atoms with E-state index < -0.39 is 0 Å². The highest BCUT2D eigenvalue weighted by Crippen LogP contribution is 2.31. The predicted molar refractivity (Wildman–Crippen MR) is 119 cm³/mol. The molecule has 1 amide bonds. The van der Waals surface area contributed by atoms with Gasteiger partial charge in [0.15, 0.2) is 0 Å². The summed E-state index contributed by atoms with van der Waals surface area (Å²) < 4.78 is 6.45. The number of nitrogens with one attached hydrogen (secondary N) is 1. The smallest absolute Gasteiger partial charge is 0.252 e. The molecule has 3 aromatic carbocycles. The zero-order chi connectivity index (χ0) is 20.2. The Balaban J connectivity index is 1.75. The topological polar surface area (TPSA) is 51.2 Å². The number of methoxy groups -OCH3 is 1. The molecule has 0 spiro atoms. The minimum atomic E-state index is -0.143. The second-order valence-electron chi connectivity index (χ2n) is 6.55. The monoisotopic (exact) mass is 446 g/mol. The highest BCUT2D eigenvalue weighted by molar-refractivity contribution is 9.10. The maximum absolute atomic E-state index is 13.1. The Kier molecular flexibility index (Phi) is 5.58. The summed E-state index contributed by atoms with van der Waals surface area (Å²) >= 11 is 3.53. The van der Waals surface area contributed by atoms with Gasteiger partial charge in [0.05, 0.1) is 23.9 Å². The van der Waals surface area contributed by atoms with Crippen molar-refractivity contribution in [2.45, 2.75) is 6.54 Å². The average Bonchev–Trinajstić information content (AvgIpc) is 2.77. The third kappa shape index (κ3) is 4.00. The van der Waals surface area contributed by atoms with Crippen molar-refractivity contribution in [1.29, 1.82) is 0 Å². The molecule has 1 heterocycles. The molecule has 0 radical (unpaired) electrons. The van der Waals surface area contributed by atoms with Gasteiger partial charge >= 0.3 is 0 Å². The lowest BCUT2D eigenvalue weighted by molar-refractivity contribution is 0.0952. The summed E-state index contributed by atoms with van der Waals surface area (Å²) in [6.45, 7) is 0.431. The summed E-state index contributed by atoms with van der Waals surface area (Å²) in [6, 6.07) is 25.0. The number of nitrogens with zero attached hydrogens (tertiary/aromatic N) is 1. The Morgan fingerprint density at radius 1 is 1.00 bits per heavy atom. The van der Waals surface area contributed by atoms with E-state index in [4.69, 9.17) is 9.72 Å². The molecule has 0 saturated carbocycles. The number of para-hydroxylation sites is 2. The van der Waals surface area contributed by atoms with Crippen molar-refractivity contribution in [2.24, 2.45) is 0 Å². The molecule has 0 fully saturated rings. The van der Waals surface area contributed by atoms with Gasteiger partial charge in [-0.3, -0.25) is 4.79 Å². The van der Waals surface area contributed by atoms with Gasteiger partial charge in [-0.05, 0) is 35.9 Å². The van der Waals surface area contributed by atoms with Gasteiger partial charge in [-0.15, -0.1) is 0 Å². The summed E-state index contributed by atoms with van der Waals surface area (Å²) in [5.41, 5.74) is 3.92. The third-order valence-electron chi connectivity index (χ3n) is 4.74. The lowest BCUT2D eigenvalue weighted by Crippen LogP contribution is -2.23. The number of halogens is 1. The van der Waals surface area contributed by atoms with E-state index in [1.54, 1.807) is 7.11 Å². The van der Waals surface area contributed by atoms with Crippen LogP contribution in [0, 0.1) is 0 Å². The van der Waals surface area contributed by atoms with E-state index in [1.165, 1.54) is 0 Å². The Bertz CT molecular complexity index is 1190. The molecule has 4 rings (SSSR count). The van der Waals surface area contributed by atoms with Crippen LogP contribution >= 0.6 is 15.9 Å². The second kappa shape index (κ2) is 8.45. The molecule has 0 bridgehead atoms. The van der Waals surface area contributed by atoms with Gasteiger partial charge in [0.1, 0.15) is 5.75 Å². The molecule has 4 aromatic rings. The highest BCUT2D eigenvalue weighted by Gasteiger charge is 2.16. The van der Waals surface area contributed by atoms with Gasteiger partial charge in [0, 0.05) is 22.0 Å². The van der Waals surface area contributed by atoms with Crippen LogP contribution in [-0.2, 0) is 6.54 Å². The minimum absolute atomic E-state index is 0.143. The normalized spacial score (nSPS) is 10.7. The summed E-state index contributed by atoms with van der Waals surface area (Å²) in [5.74, 6) is 0.574. The molecular formula is C24H19BrN2O2. The van der Waals surface area contributed by atoms with E-state index in [9.17, 15) is 4.79 Å². The number of carbonyl (C=O) groups excluding carboxylic acids is 1. The second-order valence-corrected chi connectivity index (χ2v) is 7.40. The largest absolute Gasteiger partial charge is 0.496 e. The summed E-state index contributed by atoms with van der Waals surface area (Å²) in [6.07, 6.45) is 0. The van der Waals surface area contributed by atoms with Gasteiger partial charge in [0.25, 0.3) is 5.91 Å². The number of hydrogen-bond acceptors (Lipinski definition) is 3. The van der Waals surface area contributed by atoms with Crippen molar-refractivity contribution < 1.29 is 9.53 Å². The van der Waals surface area contributed by atoms with E-state index in [1.807, 2.05) is 78.9 Å². The van der Waals surface area contributed by atoms with Crippen molar-refractivity contribution in [3.63, 3.8) is 0 Å². The molecule has 1 aromatic heterocycles. The maximum Gasteiger partial charge on any atom is 0.252 e. The van der Waals surface area contributed by atoms with E-state index in [-0.39, 0.29) is 5.91 Å². The van der Waals surface area contributed by atoms with Gasteiger partial charge in [-0.1, -0.05) is 64.5 Å². The number of fused-ring (bicyclic) bond motifs is 1. The molecule has 5 heteroatoms. The number of hydrogen-bond donors (Lipinski definition) is 1. The van der Waals surface area contributed by atoms with Crippen molar-refractivity contribution in [2.75, 3.05) is 7.11 Å². The Hall–Kier alpha value is -3.18. The molecule has 0 aliphatic heterocycles. The Labute approximate surface area is 177 Å². The molecule has 0 aliphatic carbocycles. The lowest BCUT2D eigenvalue weighted by Gasteiger charge is -2.13. The van der Waals surface area contributed by atoms with Crippen molar-refractivity contribution in [3.8, 4) is 17.0 Å². The lowest BCUT2D eigenvalue weighted by atomic mass is 10.0. The molecule has 1 N–H and O–H groups in total. The summed E-state index contributed by atoms with van der Waals surface area (Å²) in [7, 11) is 1.63. The van der Waals surface area contributed by atoms with Crippen LogP contribution in [0.1, 0.15) is 15.9 Å². The van der Waals surface area contributed by atoms with Gasteiger partial charge in [-0.2, -0.15) is 0 Å². The van der Waals surface area contributed by atoms with E-state index in [0.29, 0.717) is 17.8 Å². The van der Waals surface area contributed by atoms with Crippen LogP contribution in [0.3, 0.4) is 0 Å². The number of pyridine rings is 1. The number of ether oxygens (including phenoxy) is 1. The van der Waals surface area contributed by atoms with E-state index in [2.05, 4.69) is 21.2 Å². The zero-order valence-electron chi connectivity index (χ0n) is 15.9. The maximum atomic E-state index is 13.1. The number of benzene rings is 3. The Morgan fingerprint density at radius 2 is 1.72 bits per heavy atom. The Morgan fingerprint density at radius 3 is 2.55 bits per heavy atom. The minimum Gasteiger partial charge on any atom is -0.496 e. The zero-order valence-corrected chi connectivity index (χ0v) is 17.4. The molecule has 4 nitrogen and oxygen atoms in total. The molecule has 29 heavy (non-hydrogen) atoms.